The van der Waals surface area contributed by atoms with Crippen molar-refractivity contribution in [2.45, 2.75) is 37.6 Å². The Morgan fingerprint density at radius 3 is 2.52 bits per heavy atom. The number of aromatic nitrogens is 1. The van der Waals surface area contributed by atoms with Crippen LogP contribution in [0.4, 0.5) is 0 Å². The molecular formula is C11H19N3O5S2. The van der Waals surface area contributed by atoms with Gasteiger partial charge in [-0.3, -0.25) is 0 Å². The van der Waals surface area contributed by atoms with Crippen LogP contribution < -0.4 is 4.72 Å². The Morgan fingerprint density at radius 1 is 1.33 bits per heavy atom. The highest BCUT2D eigenvalue weighted by molar-refractivity contribution is 7.89. The molecule has 1 unspecified atom stereocenters. The number of sulfonamides is 2. The van der Waals surface area contributed by atoms with E-state index in [0.717, 1.165) is 12.7 Å². The average molecular weight is 337 g/mol. The van der Waals surface area contributed by atoms with Gasteiger partial charge in [-0.25, -0.2) is 21.6 Å². The summed E-state index contributed by atoms with van der Waals surface area (Å²) in [6.07, 6.45) is 2.50. The standard InChI is InChI=1S/C11H19N3O5S2/c1-8-11(9(2)19-13-8)21(17,18)12-7-10-5-4-6-14(10)20(3,15)16/h10,12H,4-7H2,1-3H3. The number of nitrogens with zero attached hydrogens (tertiary/aromatic N) is 2. The monoisotopic (exact) mass is 337 g/mol. The highest BCUT2D eigenvalue weighted by atomic mass is 32.2. The van der Waals surface area contributed by atoms with Gasteiger partial charge in [0.2, 0.25) is 20.0 Å². The normalized spacial score (nSPS) is 21.0. The van der Waals surface area contributed by atoms with Crippen molar-refractivity contribution in [3.05, 3.63) is 11.5 Å². The highest BCUT2D eigenvalue weighted by Gasteiger charge is 2.33. The van der Waals surface area contributed by atoms with Gasteiger partial charge in [0.25, 0.3) is 0 Å². The van der Waals surface area contributed by atoms with Gasteiger partial charge in [-0.1, -0.05) is 5.16 Å². The lowest BCUT2D eigenvalue weighted by atomic mass is 10.2. The van der Waals surface area contributed by atoms with E-state index < -0.39 is 20.0 Å². The van der Waals surface area contributed by atoms with Crippen LogP contribution in [-0.2, 0) is 20.0 Å². The van der Waals surface area contributed by atoms with E-state index in [4.69, 9.17) is 4.52 Å². The Kier molecular flexibility index (Phi) is 4.43. The molecule has 1 N–H and O–H groups in total. The van der Waals surface area contributed by atoms with Crippen LogP contribution in [0.15, 0.2) is 9.42 Å². The molecule has 2 rings (SSSR count). The van der Waals surface area contributed by atoms with Crippen LogP contribution in [0.25, 0.3) is 0 Å². The van der Waals surface area contributed by atoms with Gasteiger partial charge >= 0.3 is 0 Å². The Bertz CT molecular complexity index is 704. The van der Waals surface area contributed by atoms with Gasteiger partial charge in [0.15, 0.2) is 5.76 Å². The number of rotatable bonds is 5. The van der Waals surface area contributed by atoms with Crippen molar-refractivity contribution >= 4 is 20.0 Å². The molecule has 1 aliphatic heterocycles. The Labute approximate surface area is 124 Å². The number of hydrogen-bond acceptors (Lipinski definition) is 6. The largest absolute Gasteiger partial charge is 0.360 e. The van der Waals surface area contributed by atoms with Gasteiger partial charge in [0.05, 0.1) is 6.26 Å². The molecule has 8 nitrogen and oxygen atoms in total. The second-order valence-corrected chi connectivity index (χ2v) is 8.81. The maximum atomic E-state index is 12.3. The Balaban J connectivity index is 2.13. The third-order valence-corrected chi connectivity index (χ3v) is 6.49. The first-order chi connectivity index (χ1) is 9.63. The van der Waals surface area contributed by atoms with Gasteiger partial charge in [-0.2, -0.15) is 4.31 Å². The van der Waals surface area contributed by atoms with Crippen molar-refractivity contribution in [2.24, 2.45) is 0 Å². The molecule has 0 amide bonds. The van der Waals surface area contributed by atoms with Gasteiger partial charge < -0.3 is 4.52 Å². The van der Waals surface area contributed by atoms with Crippen molar-refractivity contribution < 1.29 is 21.4 Å². The van der Waals surface area contributed by atoms with E-state index in [9.17, 15) is 16.8 Å². The fourth-order valence-electron chi connectivity index (χ4n) is 2.59. The minimum atomic E-state index is -3.76. The molecule has 1 atom stereocenters. The molecule has 0 saturated carbocycles. The Morgan fingerprint density at radius 2 is 2.00 bits per heavy atom. The van der Waals surface area contributed by atoms with E-state index >= 15 is 0 Å². The topological polar surface area (TPSA) is 110 Å². The molecule has 1 fully saturated rings. The van der Waals surface area contributed by atoms with Crippen LogP contribution in [0.2, 0.25) is 0 Å². The van der Waals surface area contributed by atoms with Crippen molar-refractivity contribution in [2.75, 3.05) is 19.3 Å². The maximum absolute atomic E-state index is 12.3. The molecule has 0 spiro atoms. The lowest BCUT2D eigenvalue weighted by Gasteiger charge is -2.22. The summed E-state index contributed by atoms with van der Waals surface area (Å²) >= 11 is 0. The van der Waals surface area contributed by atoms with E-state index in [2.05, 4.69) is 9.88 Å². The number of hydrogen-bond donors (Lipinski definition) is 1. The summed E-state index contributed by atoms with van der Waals surface area (Å²) in [6.45, 7) is 3.53. The molecular weight excluding hydrogens is 318 g/mol. The summed E-state index contributed by atoms with van der Waals surface area (Å²) in [4.78, 5) is 0.0198. The fraction of sp³-hybridized carbons (Fsp3) is 0.727. The lowest BCUT2D eigenvalue weighted by Crippen LogP contribution is -2.42. The minimum Gasteiger partial charge on any atom is -0.360 e. The first-order valence-corrected chi connectivity index (χ1v) is 9.85. The third kappa shape index (κ3) is 3.44. The molecule has 0 aliphatic carbocycles. The van der Waals surface area contributed by atoms with Crippen LogP contribution in [-0.4, -0.2) is 51.7 Å². The summed E-state index contributed by atoms with van der Waals surface area (Å²) in [6, 6.07) is -0.352. The quantitative estimate of drug-likeness (QED) is 0.809. The molecule has 0 bridgehead atoms. The van der Waals surface area contributed by atoms with Crippen molar-refractivity contribution in [3.8, 4) is 0 Å². The van der Waals surface area contributed by atoms with Crippen molar-refractivity contribution in [1.82, 2.24) is 14.2 Å². The molecule has 21 heavy (non-hydrogen) atoms. The maximum Gasteiger partial charge on any atom is 0.246 e. The summed E-state index contributed by atoms with van der Waals surface area (Å²) in [5.41, 5.74) is 0.284. The van der Waals surface area contributed by atoms with Gasteiger partial charge in [0.1, 0.15) is 10.6 Å². The van der Waals surface area contributed by atoms with Gasteiger partial charge in [0, 0.05) is 19.1 Å². The second kappa shape index (κ2) is 5.67. The van der Waals surface area contributed by atoms with E-state index in [-0.39, 0.29) is 28.9 Å². The van der Waals surface area contributed by atoms with Gasteiger partial charge in [-0.05, 0) is 26.7 Å². The average Bonchev–Trinajstić information content (AvgIpc) is 2.93. The van der Waals surface area contributed by atoms with Crippen LogP contribution >= 0.6 is 0 Å². The zero-order chi connectivity index (χ0) is 15.8. The second-order valence-electron chi connectivity index (χ2n) is 5.17. The first-order valence-electron chi connectivity index (χ1n) is 6.52. The molecule has 1 aromatic rings. The van der Waals surface area contributed by atoms with Crippen LogP contribution in [0, 0.1) is 13.8 Å². The molecule has 0 radical (unpaired) electrons. The predicted octanol–water partition coefficient (Wildman–Crippen LogP) is -0.00626. The van der Waals surface area contributed by atoms with Crippen molar-refractivity contribution in [1.29, 1.82) is 0 Å². The van der Waals surface area contributed by atoms with E-state index in [0.29, 0.717) is 13.0 Å². The van der Waals surface area contributed by atoms with Crippen molar-refractivity contribution in [3.63, 3.8) is 0 Å². The summed E-state index contributed by atoms with van der Waals surface area (Å²) < 4.78 is 56.4. The van der Waals surface area contributed by atoms with Crippen LogP contribution in [0.1, 0.15) is 24.3 Å². The van der Waals surface area contributed by atoms with E-state index in [1.54, 1.807) is 6.92 Å². The molecule has 120 valence electrons. The molecule has 0 aromatic carbocycles. The molecule has 1 saturated heterocycles. The van der Waals surface area contributed by atoms with Crippen LogP contribution in [0.3, 0.4) is 0 Å². The SMILES string of the molecule is Cc1noc(C)c1S(=O)(=O)NCC1CCCN1S(C)(=O)=O. The number of nitrogens with one attached hydrogen (secondary N) is 1. The third-order valence-electron chi connectivity index (χ3n) is 3.49. The molecule has 1 aliphatic rings. The zero-order valence-electron chi connectivity index (χ0n) is 12.2. The van der Waals surface area contributed by atoms with E-state index in [1.807, 2.05) is 0 Å². The lowest BCUT2D eigenvalue weighted by molar-refractivity contribution is 0.386. The fourth-order valence-corrected chi connectivity index (χ4v) is 5.17. The first kappa shape index (κ1) is 16.4. The summed E-state index contributed by atoms with van der Waals surface area (Å²) in [5.74, 6) is 0.214. The summed E-state index contributed by atoms with van der Waals surface area (Å²) in [5, 5.41) is 3.62. The predicted molar refractivity (Wildman–Crippen MR) is 75.7 cm³/mol. The molecule has 2 heterocycles. The summed E-state index contributed by atoms with van der Waals surface area (Å²) in [7, 11) is -7.08. The minimum absolute atomic E-state index is 0.0198. The molecule has 10 heteroatoms. The molecule has 1 aromatic heterocycles. The highest BCUT2D eigenvalue weighted by Crippen LogP contribution is 2.22. The van der Waals surface area contributed by atoms with Crippen LogP contribution in [0.5, 0.6) is 0 Å². The Hall–Kier alpha value is -0.970. The zero-order valence-corrected chi connectivity index (χ0v) is 13.8. The van der Waals surface area contributed by atoms with E-state index in [1.165, 1.54) is 11.2 Å². The smallest absolute Gasteiger partial charge is 0.246 e. The van der Waals surface area contributed by atoms with Gasteiger partial charge in [-0.15, -0.1) is 0 Å². The number of aryl methyl sites for hydroxylation is 2.